The summed E-state index contributed by atoms with van der Waals surface area (Å²) in [6.07, 6.45) is 4.27. The third kappa shape index (κ3) is 3.20. The first kappa shape index (κ1) is 18.0. The second-order valence-corrected chi connectivity index (χ2v) is 7.99. The number of hydrogen-bond donors (Lipinski definition) is 5. The molecule has 2 aromatic heterocycles. The highest BCUT2D eigenvalue weighted by molar-refractivity contribution is 5.84. The molecule has 5 rings (SSSR count). The van der Waals surface area contributed by atoms with E-state index in [9.17, 15) is 15.3 Å². The molecule has 0 radical (unpaired) electrons. The van der Waals surface area contributed by atoms with Crippen LogP contribution >= 0.6 is 0 Å². The summed E-state index contributed by atoms with van der Waals surface area (Å²) in [5, 5.41) is 36.7. The lowest BCUT2D eigenvalue weighted by Crippen LogP contribution is -2.33. The number of aliphatic hydroxyl groups is 3. The topological polar surface area (TPSA) is 138 Å². The van der Waals surface area contributed by atoms with Crippen molar-refractivity contribution in [3.05, 3.63) is 6.33 Å². The minimum Gasteiger partial charge on any atom is -0.394 e. The normalized spacial score (nSPS) is 31.0. The van der Waals surface area contributed by atoms with E-state index in [4.69, 9.17) is 4.74 Å². The van der Waals surface area contributed by atoms with Crippen molar-refractivity contribution in [2.75, 3.05) is 17.2 Å². The van der Waals surface area contributed by atoms with E-state index in [1.807, 2.05) is 0 Å². The van der Waals surface area contributed by atoms with Crippen molar-refractivity contribution in [2.45, 2.75) is 75.1 Å². The van der Waals surface area contributed by atoms with Gasteiger partial charge in [-0.3, -0.25) is 4.57 Å². The van der Waals surface area contributed by atoms with Crippen molar-refractivity contribution in [1.29, 1.82) is 0 Å². The van der Waals surface area contributed by atoms with Gasteiger partial charge in [-0.1, -0.05) is 12.8 Å². The molecule has 0 spiro atoms. The van der Waals surface area contributed by atoms with Crippen LogP contribution in [0.3, 0.4) is 0 Å². The molecule has 5 N–H and O–H groups in total. The number of imidazole rings is 1. The summed E-state index contributed by atoms with van der Waals surface area (Å²) in [6, 6.07) is 0.757. The zero-order valence-corrected chi connectivity index (χ0v) is 15.5. The second kappa shape index (κ2) is 7.11. The van der Waals surface area contributed by atoms with Crippen LogP contribution in [0.5, 0.6) is 0 Å². The summed E-state index contributed by atoms with van der Waals surface area (Å²) >= 11 is 0. The van der Waals surface area contributed by atoms with Crippen LogP contribution in [0.1, 0.15) is 44.8 Å². The first-order valence-electron chi connectivity index (χ1n) is 10.0. The summed E-state index contributed by atoms with van der Waals surface area (Å²) in [6.45, 7) is -0.376. The van der Waals surface area contributed by atoms with E-state index in [1.165, 1.54) is 19.2 Å². The minimum absolute atomic E-state index is 0.358. The van der Waals surface area contributed by atoms with Gasteiger partial charge in [0, 0.05) is 12.1 Å². The number of aliphatic hydroxyl groups excluding tert-OH is 3. The predicted octanol–water partition coefficient (Wildman–Crippen LogP) is 0.367. The maximum atomic E-state index is 10.4. The van der Waals surface area contributed by atoms with Crippen LogP contribution < -0.4 is 10.6 Å². The van der Waals surface area contributed by atoms with E-state index in [0.717, 1.165) is 25.7 Å². The number of anilines is 2. The molecule has 0 bridgehead atoms. The molecule has 2 saturated carbocycles. The fourth-order valence-electron chi connectivity index (χ4n) is 4.05. The molecule has 0 unspecified atom stereocenters. The lowest BCUT2D eigenvalue weighted by molar-refractivity contribution is -0.0511. The Morgan fingerprint density at radius 2 is 1.79 bits per heavy atom. The maximum absolute atomic E-state index is 10.4. The number of nitrogens with zero attached hydrogens (tertiary/aromatic N) is 4. The molecular formula is C18H26N6O4. The van der Waals surface area contributed by atoms with E-state index in [2.05, 4.69) is 25.6 Å². The van der Waals surface area contributed by atoms with Crippen LogP contribution in [0.2, 0.25) is 0 Å². The van der Waals surface area contributed by atoms with Crippen molar-refractivity contribution >= 4 is 22.9 Å². The van der Waals surface area contributed by atoms with Crippen molar-refractivity contribution in [3.8, 4) is 0 Å². The van der Waals surface area contributed by atoms with Crippen LogP contribution in [-0.2, 0) is 4.74 Å². The van der Waals surface area contributed by atoms with Gasteiger partial charge in [0.2, 0.25) is 5.95 Å². The zero-order valence-electron chi connectivity index (χ0n) is 15.5. The Morgan fingerprint density at radius 1 is 1.04 bits per heavy atom. The number of ether oxygens (including phenoxy) is 1. The second-order valence-electron chi connectivity index (χ2n) is 7.99. The molecule has 10 heteroatoms. The van der Waals surface area contributed by atoms with Crippen LogP contribution in [0.4, 0.5) is 11.8 Å². The third-order valence-electron chi connectivity index (χ3n) is 5.82. The Labute approximate surface area is 162 Å². The monoisotopic (exact) mass is 390 g/mol. The smallest absolute Gasteiger partial charge is 0.227 e. The molecule has 2 aliphatic carbocycles. The highest BCUT2D eigenvalue weighted by Crippen LogP contribution is 2.34. The predicted molar refractivity (Wildman–Crippen MR) is 101 cm³/mol. The molecule has 1 saturated heterocycles. The van der Waals surface area contributed by atoms with Crippen LogP contribution in [0, 0.1) is 0 Å². The molecule has 3 fully saturated rings. The largest absolute Gasteiger partial charge is 0.394 e. The van der Waals surface area contributed by atoms with Gasteiger partial charge in [-0.2, -0.15) is 9.97 Å². The van der Waals surface area contributed by atoms with E-state index < -0.39 is 24.5 Å². The molecule has 152 valence electrons. The molecular weight excluding hydrogens is 364 g/mol. The third-order valence-corrected chi connectivity index (χ3v) is 5.82. The fraction of sp³-hybridized carbons (Fsp3) is 0.722. The molecule has 1 aliphatic heterocycles. The summed E-state index contributed by atoms with van der Waals surface area (Å²) in [7, 11) is 0. The van der Waals surface area contributed by atoms with E-state index in [0.29, 0.717) is 35.0 Å². The molecule has 2 aromatic rings. The maximum Gasteiger partial charge on any atom is 0.227 e. The number of fused-ring (bicyclic) bond motifs is 1. The van der Waals surface area contributed by atoms with Crippen LogP contribution in [0.25, 0.3) is 11.2 Å². The van der Waals surface area contributed by atoms with Gasteiger partial charge in [-0.15, -0.1) is 0 Å². The van der Waals surface area contributed by atoms with Crippen LogP contribution in [0.15, 0.2) is 6.33 Å². The highest BCUT2D eigenvalue weighted by Gasteiger charge is 2.44. The standard InChI is InChI=1S/C18H26N6O4/c25-7-11-13(26)14(27)17(28-11)24-8-19-12-15(20-10-5-6-10)22-18(23-16(12)24)21-9-3-1-2-4-9/h8-11,13-14,17,25-27H,1-7H2,(H2,20,21,22,23)/t11-,13-,14-,17-/m1/s1. The van der Waals surface area contributed by atoms with Gasteiger partial charge in [0.1, 0.15) is 18.3 Å². The van der Waals surface area contributed by atoms with Gasteiger partial charge in [-0.25, -0.2) is 4.98 Å². The first-order chi connectivity index (χ1) is 13.6. The number of rotatable bonds is 6. The van der Waals surface area contributed by atoms with E-state index in [-0.39, 0.29) is 6.61 Å². The Bertz CT molecular complexity index is 850. The van der Waals surface area contributed by atoms with Gasteiger partial charge in [0.25, 0.3) is 0 Å². The molecule has 0 amide bonds. The Kier molecular flexibility index (Phi) is 4.58. The van der Waals surface area contributed by atoms with Gasteiger partial charge >= 0.3 is 0 Å². The van der Waals surface area contributed by atoms with Gasteiger partial charge in [0.15, 0.2) is 23.2 Å². The molecule has 4 atom stereocenters. The molecule has 3 heterocycles. The minimum atomic E-state index is -1.18. The van der Waals surface area contributed by atoms with Gasteiger partial charge < -0.3 is 30.7 Å². The average Bonchev–Trinajstić information content (AvgIpc) is 3.07. The SMILES string of the molecule is OC[C@H]1O[C@@H](n2cnc3c(NC4CC4)nc(NC4CCCC4)nc32)[C@H](O)[C@@H]1O. The van der Waals surface area contributed by atoms with Crippen molar-refractivity contribution in [1.82, 2.24) is 19.5 Å². The Hall–Kier alpha value is -2.01. The van der Waals surface area contributed by atoms with Crippen molar-refractivity contribution in [2.24, 2.45) is 0 Å². The quantitative estimate of drug-likeness (QED) is 0.473. The number of nitrogens with one attached hydrogen (secondary N) is 2. The number of aromatic nitrogens is 4. The zero-order chi connectivity index (χ0) is 19.3. The Morgan fingerprint density at radius 3 is 2.46 bits per heavy atom. The molecule has 10 nitrogen and oxygen atoms in total. The Balaban J connectivity index is 1.52. The van der Waals surface area contributed by atoms with Gasteiger partial charge in [0.05, 0.1) is 12.9 Å². The summed E-state index contributed by atoms with van der Waals surface area (Å²) in [5.41, 5.74) is 1.12. The first-order valence-corrected chi connectivity index (χ1v) is 10.0. The van der Waals surface area contributed by atoms with Crippen molar-refractivity contribution < 1.29 is 20.1 Å². The average molecular weight is 390 g/mol. The fourth-order valence-corrected chi connectivity index (χ4v) is 4.05. The van der Waals surface area contributed by atoms with E-state index in [1.54, 1.807) is 4.57 Å². The van der Waals surface area contributed by atoms with E-state index >= 15 is 0 Å². The summed E-state index contributed by atoms with van der Waals surface area (Å²) in [5.74, 6) is 1.19. The lowest BCUT2D eigenvalue weighted by Gasteiger charge is -2.18. The van der Waals surface area contributed by atoms with Crippen LogP contribution in [-0.4, -0.2) is 71.8 Å². The molecule has 28 heavy (non-hydrogen) atoms. The highest BCUT2D eigenvalue weighted by atomic mass is 16.6. The van der Waals surface area contributed by atoms with Gasteiger partial charge in [-0.05, 0) is 25.7 Å². The molecule has 3 aliphatic rings. The summed E-state index contributed by atoms with van der Waals surface area (Å²) in [4.78, 5) is 13.7. The van der Waals surface area contributed by atoms with Crippen molar-refractivity contribution in [3.63, 3.8) is 0 Å². The molecule has 0 aromatic carbocycles. The lowest BCUT2D eigenvalue weighted by atomic mass is 10.1. The summed E-state index contributed by atoms with van der Waals surface area (Å²) < 4.78 is 7.28. The number of hydrogen-bond acceptors (Lipinski definition) is 9.